The number of nitrogens with zero attached hydrogens (tertiary/aromatic N) is 2. The van der Waals surface area contributed by atoms with E-state index >= 15 is 0 Å². The Morgan fingerprint density at radius 3 is 2.24 bits per heavy atom. The Labute approximate surface area is 197 Å². The molecule has 1 aliphatic rings. The van der Waals surface area contributed by atoms with Gasteiger partial charge in [0, 0.05) is 25.7 Å². The van der Waals surface area contributed by atoms with Crippen molar-refractivity contribution in [3.63, 3.8) is 0 Å². The van der Waals surface area contributed by atoms with E-state index in [9.17, 15) is 23.3 Å². The number of sulfonamides is 1. The minimum Gasteiger partial charge on any atom is -0.493 e. The maximum atomic E-state index is 12.9. The van der Waals surface area contributed by atoms with Crippen LogP contribution in [-0.2, 0) is 10.0 Å². The standard InChI is InChI=1S/C22H27N3O8S/c1-31-18-13-17(19(25(27)28)21(33-3)20(18)32-2)22(26)23-14-15-9-11-24(12-10-15)34(29,30)16-7-5-4-6-8-16/h4-8,13,15H,9-12,14H2,1-3H3,(H,23,26). The fourth-order valence-corrected chi connectivity index (χ4v) is 5.41. The van der Waals surface area contributed by atoms with Gasteiger partial charge in [0.1, 0.15) is 5.56 Å². The van der Waals surface area contributed by atoms with Gasteiger partial charge in [0.2, 0.25) is 21.5 Å². The van der Waals surface area contributed by atoms with Crippen LogP contribution in [0.5, 0.6) is 17.2 Å². The molecule has 1 aliphatic heterocycles. The topological polar surface area (TPSA) is 137 Å². The third kappa shape index (κ3) is 5.07. The first kappa shape index (κ1) is 25.2. The molecule has 2 aromatic rings. The summed E-state index contributed by atoms with van der Waals surface area (Å²) < 4.78 is 42.5. The summed E-state index contributed by atoms with van der Waals surface area (Å²) in [5.74, 6) is -0.719. The van der Waals surface area contributed by atoms with Crippen molar-refractivity contribution in [1.29, 1.82) is 0 Å². The van der Waals surface area contributed by atoms with Crippen molar-refractivity contribution in [3.8, 4) is 17.2 Å². The molecule has 0 spiro atoms. The number of carbonyl (C=O) groups excluding carboxylic acids is 1. The van der Waals surface area contributed by atoms with E-state index in [-0.39, 0.29) is 40.2 Å². The highest BCUT2D eigenvalue weighted by Crippen LogP contribution is 2.46. The van der Waals surface area contributed by atoms with Crippen molar-refractivity contribution in [3.05, 3.63) is 52.1 Å². The number of methoxy groups -OCH3 is 3. The van der Waals surface area contributed by atoms with E-state index in [4.69, 9.17) is 14.2 Å². The van der Waals surface area contributed by atoms with Gasteiger partial charge >= 0.3 is 5.69 Å². The maximum Gasteiger partial charge on any atom is 0.327 e. The first-order valence-corrected chi connectivity index (χ1v) is 12.0. The number of ether oxygens (including phenoxy) is 3. The number of benzene rings is 2. The Bertz CT molecular complexity index is 1150. The molecule has 0 saturated carbocycles. The van der Waals surface area contributed by atoms with E-state index in [1.165, 1.54) is 31.7 Å². The Hall–Kier alpha value is -3.38. The highest BCUT2D eigenvalue weighted by molar-refractivity contribution is 7.89. The smallest absolute Gasteiger partial charge is 0.327 e. The molecule has 0 aliphatic carbocycles. The highest BCUT2D eigenvalue weighted by atomic mass is 32.2. The van der Waals surface area contributed by atoms with Crippen molar-refractivity contribution in [2.24, 2.45) is 5.92 Å². The highest BCUT2D eigenvalue weighted by Gasteiger charge is 2.33. The van der Waals surface area contributed by atoms with Gasteiger partial charge in [-0.25, -0.2) is 8.42 Å². The Morgan fingerprint density at radius 1 is 1.09 bits per heavy atom. The number of piperidine rings is 1. The lowest BCUT2D eigenvalue weighted by Gasteiger charge is -2.31. The molecule has 0 radical (unpaired) electrons. The zero-order valence-corrected chi connectivity index (χ0v) is 20.0. The van der Waals surface area contributed by atoms with Crippen LogP contribution in [-0.4, -0.2) is 64.5 Å². The summed E-state index contributed by atoms with van der Waals surface area (Å²) in [6, 6.07) is 9.48. The number of carbonyl (C=O) groups is 1. The van der Waals surface area contributed by atoms with E-state index in [0.717, 1.165) is 0 Å². The number of nitro groups is 1. The van der Waals surface area contributed by atoms with Gasteiger partial charge in [-0.2, -0.15) is 4.31 Å². The fraction of sp³-hybridized carbons (Fsp3) is 0.409. The van der Waals surface area contributed by atoms with Crippen LogP contribution in [0.15, 0.2) is 41.3 Å². The monoisotopic (exact) mass is 493 g/mol. The lowest BCUT2D eigenvalue weighted by atomic mass is 9.98. The molecule has 12 heteroatoms. The number of nitrogens with one attached hydrogen (secondary N) is 1. The molecule has 1 saturated heterocycles. The lowest BCUT2D eigenvalue weighted by molar-refractivity contribution is -0.386. The van der Waals surface area contributed by atoms with Crippen molar-refractivity contribution in [2.45, 2.75) is 17.7 Å². The average Bonchev–Trinajstić information content (AvgIpc) is 2.86. The molecule has 0 bridgehead atoms. The van der Waals surface area contributed by atoms with E-state index in [1.807, 2.05) is 0 Å². The molecule has 1 N–H and O–H groups in total. The number of hydrogen-bond donors (Lipinski definition) is 1. The third-order valence-corrected chi connectivity index (χ3v) is 7.65. The molecule has 0 unspecified atom stereocenters. The van der Waals surface area contributed by atoms with Crippen LogP contribution in [0.25, 0.3) is 0 Å². The quantitative estimate of drug-likeness (QED) is 0.415. The molecule has 184 valence electrons. The minimum absolute atomic E-state index is 0.0141. The van der Waals surface area contributed by atoms with Crippen LogP contribution in [0.3, 0.4) is 0 Å². The number of amides is 1. The lowest BCUT2D eigenvalue weighted by Crippen LogP contribution is -2.41. The largest absolute Gasteiger partial charge is 0.493 e. The van der Waals surface area contributed by atoms with E-state index in [1.54, 1.807) is 30.3 Å². The number of nitro benzene ring substituents is 1. The van der Waals surface area contributed by atoms with Gasteiger partial charge in [0.25, 0.3) is 5.91 Å². The van der Waals surface area contributed by atoms with Crippen molar-refractivity contribution in [2.75, 3.05) is 41.0 Å². The molecule has 0 aromatic heterocycles. The Balaban J connectivity index is 1.70. The fourth-order valence-electron chi connectivity index (χ4n) is 3.92. The van der Waals surface area contributed by atoms with Gasteiger partial charge in [-0.3, -0.25) is 14.9 Å². The first-order valence-electron chi connectivity index (χ1n) is 10.5. The second-order valence-electron chi connectivity index (χ2n) is 7.67. The summed E-state index contributed by atoms with van der Waals surface area (Å²) >= 11 is 0. The second-order valence-corrected chi connectivity index (χ2v) is 9.61. The average molecular weight is 494 g/mol. The van der Waals surface area contributed by atoms with Gasteiger partial charge in [0.05, 0.1) is 31.1 Å². The molecular formula is C22H27N3O8S. The molecule has 0 atom stereocenters. The maximum absolute atomic E-state index is 12.9. The van der Waals surface area contributed by atoms with Gasteiger partial charge in [-0.15, -0.1) is 0 Å². The first-order chi connectivity index (χ1) is 16.2. The van der Waals surface area contributed by atoms with Gasteiger partial charge in [0.15, 0.2) is 5.75 Å². The van der Waals surface area contributed by atoms with Gasteiger partial charge in [-0.05, 0) is 30.9 Å². The number of hydrogen-bond acceptors (Lipinski definition) is 8. The molecule has 34 heavy (non-hydrogen) atoms. The Morgan fingerprint density at radius 2 is 1.71 bits per heavy atom. The summed E-state index contributed by atoms with van der Waals surface area (Å²) in [5.41, 5.74) is -0.745. The molecule has 2 aromatic carbocycles. The number of rotatable bonds is 9. The third-order valence-electron chi connectivity index (χ3n) is 5.74. The van der Waals surface area contributed by atoms with Crippen LogP contribution < -0.4 is 19.5 Å². The van der Waals surface area contributed by atoms with Crippen LogP contribution in [0.2, 0.25) is 0 Å². The van der Waals surface area contributed by atoms with E-state index in [2.05, 4.69) is 5.32 Å². The summed E-state index contributed by atoms with van der Waals surface area (Å²) in [4.78, 5) is 24.1. The normalized spacial score (nSPS) is 14.9. The molecule has 11 nitrogen and oxygen atoms in total. The summed E-state index contributed by atoms with van der Waals surface area (Å²) in [6.45, 7) is 0.885. The zero-order valence-electron chi connectivity index (χ0n) is 19.1. The predicted molar refractivity (Wildman–Crippen MR) is 123 cm³/mol. The second kappa shape index (κ2) is 10.7. The van der Waals surface area contributed by atoms with Crippen LogP contribution in [0.1, 0.15) is 23.2 Å². The minimum atomic E-state index is -3.57. The SMILES string of the molecule is COc1cc(C(=O)NCC2CCN(S(=O)(=O)c3ccccc3)CC2)c([N+](=O)[O-])c(OC)c1OC. The summed E-state index contributed by atoms with van der Waals surface area (Å²) in [5, 5.41) is 14.4. The van der Waals surface area contributed by atoms with Gasteiger partial charge < -0.3 is 19.5 Å². The van der Waals surface area contributed by atoms with Crippen molar-refractivity contribution >= 4 is 21.6 Å². The molecule has 1 heterocycles. The summed E-state index contributed by atoms with van der Waals surface area (Å²) in [6.07, 6.45) is 1.09. The zero-order chi connectivity index (χ0) is 24.9. The predicted octanol–water partition coefficient (Wildman–Crippen LogP) is 2.45. The van der Waals surface area contributed by atoms with Crippen LogP contribution >= 0.6 is 0 Å². The molecule has 1 fully saturated rings. The Kier molecular flexibility index (Phi) is 7.94. The van der Waals surface area contributed by atoms with Crippen molar-refractivity contribution < 1.29 is 32.3 Å². The van der Waals surface area contributed by atoms with Gasteiger partial charge in [-0.1, -0.05) is 18.2 Å². The van der Waals surface area contributed by atoms with Crippen LogP contribution in [0, 0.1) is 16.0 Å². The van der Waals surface area contributed by atoms with E-state index in [0.29, 0.717) is 25.9 Å². The molecule has 1 amide bonds. The molecular weight excluding hydrogens is 466 g/mol. The van der Waals surface area contributed by atoms with Crippen molar-refractivity contribution in [1.82, 2.24) is 9.62 Å². The molecule has 3 rings (SSSR count). The summed E-state index contributed by atoms with van der Waals surface area (Å²) in [7, 11) is 0.337. The van der Waals surface area contributed by atoms with E-state index < -0.39 is 26.5 Å². The van der Waals surface area contributed by atoms with Crippen LogP contribution in [0.4, 0.5) is 5.69 Å².